The zero-order valence-electron chi connectivity index (χ0n) is 12.3. The lowest BCUT2D eigenvalue weighted by Crippen LogP contribution is -1.94. The predicted molar refractivity (Wildman–Crippen MR) is 87.8 cm³/mol. The fourth-order valence-corrected chi connectivity index (χ4v) is 2.46. The number of oxime groups is 1. The topological polar surface area (TPSA) is 78.6 Å². The average molecular weight is 305 g/mol. The van der Waals surface area contributed by atoms with Crippen molar-refractivity contribution in [1.29, 1.82) is 0 Å². The standard InChI is InChI=1S/C18H15N3O2/c22-18-16(12-21-23)9-14(8-13-3-6-19-7-4-13)10-17(18)15-2-1-5-20-11-15/h1-7,9-12,22-23H,8H2. The van der Waals surface area contributed by atoms with Gasteiger partial charge in [0.2, 0.25) is 0 Å². The first-order chi connectivity index (χ1) is 11.3. The molecule has 5 heteroatoms. The molecule has 1 aromatic carbocycles. The van der Waals surface area contributed by atoms with E-state index in [9.17, 15) is 5.11 Å². The molecule has 0 aliphatic carbocycles. The highest BCUT2D eigenvalue weighted by atomic mass is 16.4. The van der Waals surface area contributed by atoms with Crippen molar-refractivity contribution in [3.05, 3.63) is 77.9 Å². The molecule has 0 bridgehead atoms. The molecule has 0 atom stereocenters. The molecule has 0 saturated heterocycles. The zero-order valence-corrected chi connectivity index (χ0v) is 12.3. The van der Waals surface area contributed by atoms with Crippen LogP contribution in [0.1, 0.15) is 16.7 Å². The third kappa shape index (κ3) is 3.35. The fourth-order valence-electron chi connectivity index (χ4n) is 2.46. The molecule has 23 heavy (non-hydrogen) atoms. The molecule has 0 amide bonds. The van der Waals surface area contributed by atoms with E-state index >= 15 is 0 Å². The van der Waals surface area contributed by atoms with Gasteiger partial charge in [-0.2, -0.15) is 0 Å². The van der Waals surface area contributed by atoms with Crippen molar-refractivity contribution in [1.82, 2.24) is 9.97 Å². The number of aromatic nitrogens is 2. The number of phenolic OH excluding ortho intramolecular Hbond substituents is 1. The molecular weight excluding hydrogens is 290 g/mol. The summed E-state index contributed by atoms with van der Waals surface area (Å²) in [7, 11) is 0. The zero-order chi connectivity index (χ0) is 16.1. The summed E-state index contributed by atoms with van der Waals surface area (Å²) in [5.41, 5.74) is 4.00. The summed E-state index contributed by atoms with van der Waals surface area (Å²) in [6.45, 7) is 0. The Morgan fingerprint density at radius 1 is 1.00 bits per heavy atom. The predicted octanol–water partition coefficient (Wildman–Crippen LogP) is 3.25. The monoisotopic (exact) mass is 305 g/mol. The van der Waals surface area contributed by atoms with Gasteiger partial charge in [0.05, 0.1) is 6.21 Å². The number of hydrogen-bond donors (Lipinski definition) is 2. The van der Waals surface area contributed by atoms with E-state index in [1.165, 1.54) is 6.21 Å². The summed E-state index contributed by atoms with van der Waals surface area (Å²) < 4.78 is 0. The Balaban J connectivity index is 2.08. The van der Waals surface area contributed by atoms with E-state index in [0.717, 1.165) is 16.7 Å². The number of aromatic hydroxyl groups is 1. The summed E-state index contributed by atoms with van der Waals surface area (Å²) in [5.74, 6) is 0.0641. The van der Waals surface area contributed by atoms with Crippen LogP contribution < -0.4 is 0 Å². The van der Waals surface area contributed by atoms with Gasteiger partial charge in [-0.1, -0.05) is 11.2 Å². The number of phenols is 1. The van der Waals surface area contributed by atoms with Gasteiger partial charge in [0.1, 0.15) is 5.75 Å². The number of hydrogen-bond acceptors (Lipinski definition) is 5. The lowest BCUT2D eigenvalue weighted by molar-refractivity contribution is 0.321. The Kier molecular flexibility index (Phi) is 4.29. The maximum atomic E-state index is 10.4. The van der Waals surface area contributed by atoms with E-state index in [2.05, 4.69) is 15.1 Å². The minimum atomic E-state index is 0.0641. The number of benzene rings is 1. The lowest BCUT2D eigenvalue weighted by Gasteiger charge is -2.11. The summed E-state index contributed by atoms with van der Waals surface area (Å²) in [6, 6.07) is 11.3. The summed E-state index contributed by atoms with van der Waals surface area (Å²) >= 11 is 0. The average Bonchev–Trinajstić information content (AvgIpc) is 2.59. The summed E-state index contributed by atoms with van der Waals surface area (Å²) in [5, 5.41) is 22.3. The highest BCUT2D eigenvalue weighted by Gasteiger charge is 2.11. The Bertz CT molecular complexity index is 818. The Morgan fingerprint density at radius 2 is 1.83 bits per heavy atom. The summed E-state index contributed by atoms with van der Waals surface area (Å²) in [4.78, 5) is 8.10. The van der Waals surface area contributed by atoms with Crippen LogP contribution in [0.4, 0.5) is 0 Å². The van der Waals surface area contributed by atoms with Crippen LogP contribution in [0.25, 0.3) is 11.1 Å². The van der Waals surface area contributed by atoms with Crippen molar-refractivity contribution < 1.29 is 10.3 Å². The minimum Gasteiger partial charge on any atom is -0.507 e. The molecular formula is C18H15N3O2. The SMILES string of the molecule is ON=Cc1cc(Cc2ccncc2)cc(-c2cccnc2)c1O. The van der Waals surface area contributed by atoms with E-state index < -0.39 is 0 Å². The van der Waals surface area contributed by atoms with Gasteiger partial charge in [-0.15, -0.1) is 0 Å². The quantitative estimate of drug-likeness (QED) is 0.440. The first kappa shape index (κ1) is 14.7. The van der Waals surface area contributed by atoms with Crippen molar-refractivity contribution >= 4 is 6.21 Å². The van der Waals surface area contributed by atoms with Gasteiger partial charge < -0.3 is 10.3 Å². The molecule has 2 aromatic heterocycles. The van der Waals surface area contributed by atoms with Crippen LogP contribution in [0.5, 0.6) is 5.75 Å². The van der Waals surface area contributed by atoms with Crippen molar-refractivity contribution in [2.24, 2.45) is 5.16 Å². The molecule has 5 nitrogen and oxygen atoms in total. The largest absolute Gasteiger partial charge is 0.507 e. The lowest BCUT2D eigenvalue weighted by atomic mass is 9.96. The number of nitrogens with zero attached hydrogens (tertiary/aromatic N) is 3. The van der Waals surface area contributed by atoms with Gasteiger partial charge >= 0.3 is 0 Å². The fraction of sp³-hybridized carbons (Fsp3) is 0.0556. The molecule has 0 saturated carbocycles. The number of rotatable bonds is 4. The van der Waals surface area contributed by atoms with Gasteiger partial charge in [0, 0.05) is 41.5 Å². The number of pyridine rings is 2. The van der Waals surface area contributed by atoms with Gasteiger partial charge in [0.25, 0.3) is 0 Å². The van der Waals surface area contributed by atoms with Gasteiger partial charge in [-0.3, -0.25) is 9.97 Å². The normalized spacial score (nSPS) is 11.0. The van der Waals surface area contributed by atoms with Gasteiger partial charge in [-0.25, -0.2) is 0 Å². The van der Waals surface area contributed by atoms with Crippen molar-refractivity contribution in [3.8, 4) is 16.9 Å². The molecule has 0 radical (unpaired) electrons. The van der Waals surface area contributed by atoms with E-state index in [1.54, 1.807) is 30.9 Å². The highest BCUT2D eigenvalue weighted by molar-refractivity contribution is 5.88. The second-order valence-corrected chi connectivity index (χ2v) is 5.10. The second kappa shape index (κ2) is 6.70. The third-order valence-electron chi connectivity index (χ3n) is 3.53. The van der Waals surface area contributed by atoms with Gasteiger partial charge in [-0.05, 0) is 47.9 Å². The molecule has 0 unspecified atom stereocenters. The molecule has 0 spiro atoms. The van der Waals surface area contributed by atoms with Crippen LogP contribution in [-0.4, -0.2) is 26.5 Å². The first-order valence-corrected chi connectivity index (χ1v) is 7.10. The van der Waals surface area contributed by atoms with Gasteiger partial charge in [0.15, 0.2) is 0 Å². The summed E-state index contributed by atoms with van der Waals surface area (Å²) in [6.07, 6.45) is 8.76. The maximum absolute atomic E-state index is 10.4. The van der Waals surface area contributed by atoms with E-state index in [-0.39, 0.29) is 5.75 Å². The molecule has 0 aliphatic rings. The van der Waals surface area contributed by atoms with E-state index in [0.29, 0.717) is 17.5 Å². The molecule has 2 heterocycles. The van der Waals surface area contributed by atoms with E-state index in [4.69, 9.17) is 5.21 Å². The third-order valence-corrected chi connectivity index (χ3v) is 3.53. The Labute approximate surface area is 133 Å². The molecule has 2 N–H and O–H groups in total. The molecule has 114 valence electrons. The minimum absolute atomic E-state index is 0.0641. The first-order valence-electron chi connectivity index (χ1n) is 7.10. The smallest absolute Gasteiger partial charge is 0.132 e. The van der Waals surface area contributed by atoms with Crippen molar-refractivity contribution in [2.75, 3.05) is 0 Å². The Morgan fingerprint density at radius 3 is 2.52 bits per heavy atom. The molecule has 0 fully saturated rings. The van der Waals surface area contributed by atoms with Crippen LogP contribution in [0.15, 0.2) is 66.3 Å². The second-order valence-electron chi connectivity index (χ2n) is 5.10. The van der Waals surface area contributed by atoms with Crippen LogP contribution >= 0.6 is 0 Å². The van der Waals surface area contributed by atoms with Crippen LogP contribution in [-0.2, 0) is 6.42 Å². The molecule has 3 aromatic rings. The highest BCUT2D eigenvalue weighted by Crippen LogP contribution is 2.33. The Hall–Kier alpha value is -3.21. The van der Waals surface area contributed by atoms with E-state index in [1.807, 2.05) is 30.3 Å². The van der Waals surface area contributed by atoms with Crippen LogP contribution in [0.3, 0.4) is 0 Å². The van der Waals surface area contributed by atoms with Crippen molar-refractivity contribution in [3.63, 3.8) is 0 Å². The molecule has 0 aliphatic heterocycles. The van der Waals surface area contributed by atoms with Crippen LogP contribution in [0.2, 0.25) is 0 Å². The molecule has 3 rings (SSSR count). The van der Waals surface area contributed by atoms with Crippen LogP contribution in [0, 0.1) is 0 Å². The van der Waals surface area contributed by atoms with Crippen molar-refractivity contribution in [2.45, 2.75) is 6.42 Å². The maximum Gasteiger partial charge on any atom is 0.132 e.